The normalized spacial score (nSPS) is 13.9. The Morgan fingerprint density at radius 1 is 1.12 bits per heavy atom. The lowest BCUT2D eigenvalue weighted by Gasteiger charge is -2.14. The Bertz CT molecular complexity index is 914. The summed E-state index contributed by atoms with van der Waals surface area (Å²) in [5, 5.41) is 8.64. The third kappa shape index (κ3) is 3.40. The maximum absolute atomic E-state index is 6.48. The molecule has 4 rings (SSSR count). The van der Waals surface area contributed by atoms with Gasteiger partial charge in [0.15, 0.2) is 0 Å². The molecular formula is C20H21ClN4. The summed E-state index contributed by atoms with van der Waals surface area (Å²) in [7, 11) is 0. The van der Waals surface area contributed by atoms with Crippen LogP contribution in [0.5, 0.6) is 0 Å². The molecule has 0 bridgehead atoms. The molecule has 0 radical (unpaired) electrons. The van der Waals surface area contributed by atoms with E-state index >= 15 is 0 Å². The molecule has 2 N–H and O–H groups in total. The van der Waals surface area contributed by atoms with Gasteiger partial charge in [-0.15, -0.1) is 0 Å². The quantitative estimate of drug-likeness (QED) is 0.671. The Morgan fingerprint density at radius 2 is 1.88 bits per heavy atom. The second kappa shape index (κ2) is 6.52. The van der Waals surface area contributed by atoms with Gasteiger partial charge in [0.1, 0.15) is 12.1 Å². The van der Waals surface area contributed by atoms with Crippen molar-refractivity contribution in [2.75, 3.05) is 10.6 Å². The number of nitrogens with zero attached hydrogens (tertiary/aromatic N) is 2. The Morgan fingerprint density at radius 3 is 2.60 bits per heavy atom. The molecule has 1 heterocycles. The molecule has 3 aromatic rings. The first-order chi connectivity index (χ1) is 12.1. The van der Waals surface area contributed by atoms with E-state index in [4.69, 9.17) is 11.6 Å². The van der Waals surface area contributed by atoms with E-state index < -0.39 is 0 Å². The summed E-state index contributed by atoms with van der Waals surface area (Å²) in [4.78, 5) is 8.77. The van der Waals surface area contributed by atoms with Crippen LogP contribution in [-0.2, 0) is 6.54 Å². The molecule has 1 aliphatic rings. The standard InChI is InChI=1S/C20H21ClN4/c1-12-4-3-5-13(2)16(12)10-22-19-8-15-18(9-17(19)21)23-11-24-20(15)25-14-6-7-14/h3-5,8-9,11,14,22H,6-7,10H2,1-2H3,(H,23,24,25). The van der Waals surface area contributed by atoms with Crippen molar-refractivity contribution in [2.45, 2.75) is 39.3 Å². The Kier molecular flexibility index (Phi) is 4.22. The highest BCUT2D eigenvalue weighted by molar-refractivity contribution is 6.34. The van der Waals surface area contributed by atoms with Gasteiger partial charge in [-0.05, 0) is 55.5 Å². The zero-order valence-electron chi connectivity index (χ0n) is 14.4. The van der Waals surface area contributed by atoms with E-state index in [1.165, 1.54) is 29.5 Å². The van der Waals surface area contributed by atoms with Gasteiger partial charge in [0, 0.05) is 18.0 Å². The molecule has 0 atom stereocenters. The smallest absolute Gasteiger partial charge is 0.137 e. The fourth-order valence-corrected chi connectivity index (χ4v) is 3.29. The summed E-state index contributed by atoms with van der Waals surface area (Å²) in [6, 6.07) is 10.9. The Labute approximate surface area is 152 Å². The van der Waals surface area contributed by atoms with Crippen LogP contribution in [0, 0.1) is 13.8 Å². The molecule has 2 aromatic carbocycles. The lowest BCUT2D eigenvalue weighted by atomic mass is 10.0. The average molecular weight is 353 g/mol. The molecule has 1 fully saturated rings. The summed E-state index contributed by atoms with van der Waals surface area (Å²) < 4.78 is 0. The summed E-state index contributed by atoms with van der Waals surface area (Å²) >= 11 is 6.48. The highest BCUT2D eigenvalue weighted by Crippen LogP contribution is 2.33. The lowest BCUT2D eigenvalue weighted by Crippen LogP contribution is -2.06. The average Bonchev–Trinajstić information content (AvgIpc) is 3.39. The highest BCUT2D eigenvalue weighted by Gasteiger charge is 2.22. The van der Waals surface area contributed by atoms with Gasteiger partial charge in [0.05, 0.1) is 16.2 Å². The van der Waals surface area contributed by atoms with Gasteiger partial charge in [-0.1, -0.05) is 29.8 Å². The zero-order chi connectivity index (χ0) is 17.4. The number of hydrogen-bond donors (Lipinski definition) is 2. The molecule has 0 amide bonds. The van der Waals surface area contributed by atoms with Gasteiger partial charge >= 0.3 is 0 Å². The number of benzene rings is 2. The molecule has 1 aliphatic carbocycles. The van der Waals surface area contributed by atoms with E-state index in [-0.39, 0.29) is 0 Å². The molecule has 4 nitrogen and oxygen atoms in total. The van der Waals surface area contributed by atoms with Crippen molar-refractivity contribution in [1.82, 2.24) is 9.97 Å². The molecule has 1 aromatic heterocycles. The SMILES string of the molecule is Cc1cccc(C)c1CNc1cc2c(NC3CC3)ncnc2cc1Cl. The molecule has 25 heavy (non-hydrogen) atoms. The van der Waals surface area contributed by atoms with Crippen molar-refractivity contribution in [3.63, 3.8) is 0 Å². The van der Waals surface area contributed by atoms with Crippen molar-refractivity contribution in [3.8, 4) is 0 Å². The van der Waals surface area contributed by atoms with Gasteiger partial charge in [0.2, 0.25) is 0 Å². The molecule has 1 saturated carbocycles. The molecule has 0 saturated heterocycles. The summed E-state index contributed by atoms with van der Waals surface area (Å²) in [5.41, 5.74) is 5.64. The van der Waals surface area contributed by atoms with Crippen LogP contribution in [-0.4, -0.2) is 16.0 Å². The van der Waals surface area contributed by atoms with Crippen LogP contribution < -0.4 is 10.6 Å². The molecule has 128 valence electrons. The Balaban J connectivity index is 1.65. The number of hydrogen-bond acceptors (Lipinski definition) is 4. The summed E-state index contributed by atoms with van der Waals surface area (Å²) in [6.07, 6.45) is 4.00. The van der Waals surface area contributed by atoms with Gasteiger partial charge in [-0.3, -0.25) is 0 Å². The van der Waals surface area contributed by atoms with E-state index in [1.807, 2.05) is 6.07 Å². The van der Waals surface area contributed by atoms with Crippen LogP contribution >= 0.6 is 11.6 Å². The van der Waals surface area contributed by atoms with Crippen molar-refractivity contribution in [2.24, 2.45) is 0 Å². The van der Waals surface area contributed by atoms with E-state index in [0.717, 1.165) is 29.0 Å². The van der Waals surface area contributed by atoms with Crippen molar-refractivity contribution in [3.05, 3.63) is 58.4 Å². The molecular weight excluding hydrogens is 332 g/mol. The van der Waals surface area contributed by atoms with Gasteiger partial charge in [-0.2, -0.15) is 0 Å². The first-order valence-electron chi connectivity index (χ1n) is 8.61. The number of aromatic nitrogens is 2. The minimum absolute atomic E-state index is 0.541. The van der Waals surface area contributed by atoms with E-state index in [0.29, 0.717) is 11.1 Å². The molecule has 0 aliphatic heterocycles. The predicted octanol–water partition coefficient (Wildman–Crippen LogP) is 5.09. The van der Waals surface area contributed by atoms with Gasteiger partial charge in [0.25, 0.3) is 0 Å². The summed E-state index contributed by atoms with van der Waals surface area (Å²) in [6.45, 7) is 5.01. The fourth-order valence-electron chi connectivity index (χ4n) is 3.06. The van der Waals surface area contributed by atoms with Crippen LogP contribution in [0.1, 0.15) is 29.5 Å². The van der Waals surface area contributed by atoms with Crippen molar-refractivity contribution < 1.29 is 0 Å². The minimum Gasteiger partial charge on any atom is -0.380 e. The molecule has 0 unspecified atom stereocenters. The number of fused-ring (bicyclic) bond motifs is 1. The van der Waals surface area contributed by atoms with E-state index in [2.05, 4.69) is 58.7 Å². The van der Waals surface area contributed by atoms with Gasteiger partial charge in [-0.25, -0.2) is 9.97 Å². The van der Waals surface area contributed by atoms with Crippen LogP contribution in [0.25, 0.3) is 10.9 Å². The number of rotatable bonds is 5. The third-order valence-electron chi connectivity index (χ3n) is 4.74. The van der Waals surface area contributed by atoms with Crippen LogP contribution in [0.3, 0.4) is 0 Å². The van der Waals surface area contributed by atoms with E-state index in [9.17, 15) is 0 Å². The molecule has 5 heteroatoms. The van der Waals surface area contributed by atoms with Crippen LogP contribution in [0.4, 0.5) is 11.5 Å². The molecule has 0 spiro atoms. The van der Waals surface area contributed by atoms with Crippen molar-refractivity contribution in [1.29, 1.82) is 0 Å². The first kappa shape index (κ1) is 16.2. The maximum Gasteiger partial charge on any atom is 0.137 e. The topological polar surface area (TPSA) is 49.8 Å². The van der Waals surface area contributed by atoms with E-state index in [1.54, 1.807) is 6.33 Å². The van der Waals surface area contributed by atoms with Crippen LogP contribution in [0.2, 0.25) is 5.02 Å². The number of aryl methyl sites for hydroxylation is 2. The number of halogens is 1. The predicted molar refractivity (Wildman–Crippen MR) is 104 cm³/mol. The maximum atomic E-state index is 6.48. The number of anilines is 2. The Hall–Kier alpha value is -2.33. The zero-order valence-corrected chi connectivity index (χ0v) is 15.2. The second-order valence-corrected chi connectivity index (χ2v) is 7.12. The second-order valence-electron chi connectivity index (χ2n) is 6.71. The fraction of sp³-hybridized carbons (Fsp3) is 0.300. The largest absolute Gasteiger partial charge is 0.380 e. The van der Waals surface area contributed by atoms with Gasteiger partial charge < -0.3 is 10.6 Å². The van der Waals surface area contributed by atoms with Crippen molar-refractivity contribution >= 4 is 34.0 Å². The summed E-state index contributed by atoms with van der Waals surface area (Å²) in [5.74, 6) is 0.888. The third-order valence-corrected chi connectivity index (χ3v) is 5.06. The monoisotopic (exact) mass is 352 g/mol. The minimum atomic E-state index is 0.541. The highest BCUT2D eigenvalue weighted by atomic mass is 35.5. The lowest BCUT2D eigenvalue weighted by molar-refractivity contribution is 1.09. The van der Waals surface area contributed by atoms with Crippen LogP contribution in [0.15, 0.2) is 36.7 Å². The first-order valence-corrected chi connectivity index (χ1v) is 8.99. The number of nitrogens with one attached hydrogen (secondary N) is 2.